The number of amides is 1. The van der Waals surface area contributed by atoms with Gasteiger partial charge in [-0.3, -0.25) is 9.67 Å². The number of hydrogen-bond donors (Lipinski definition) is 3. The van der Waals surface area contributed by atoms with E-state index < -0.39 is 11.7 Å². The molecule has 0 bridgehead atoms. The second-order valence-electron chi connectivity index (χ2n) is 8.87. The molecule has 0 aliphatic carbocycles. The van der Waals surface area contributed by atoms with Crippen LogP contribution in [0.15, 0.2) is 4.99 Å². The van der Waals surface area contributed by atoms with Gasteiger partial charge in [0.25, 0.3) is 0 Å². The zero-order valence-electron chi connectivity index (χ0n) is 20.8. The molecule has 2 atom stereocenters. The maximum Gasteiger partial charge on any atom is 0.407 e. The van der Waals surface area contributed by atoms with Crippen molar-refractivity contribution in [3.05, 3.63) is 17.0 Å². The summed E-state index contributed by atoms with van der Waals surface area (Å²) < 4.78 is 7.31. The summed E-state index contributed by atoms with van der Waals surface area (Å²) >= 11 is 0. The number of rotatable bonds is 9. The lowest BCUT2D eigenvalue weighted by Crippen LogP contribution is -2.45. The number of carbonyl (C=O) groups is 1. The van der Waals surface area contributed by atoms with Crippen molar-refractivity contribution in [2.75, 3.05) is 13.1 Å². The van der Waals surface area contributed by atoms with E-state index in [1.807, 2.05) is 46.3 Å². The highest BCUT2D eigenvalue weighted by atomic mass is 127. The van der Waals surface area contributed by atoms with E-state index in [9.17, 15) is 4.79 Å². The Morgan fingerprint density at radius 2 is 1.87 bits per heavy atom. The Labute approximate surface area is 205 Å². The Morgan fingerprint density at radius 3 is 2.35 bits per heavy atom. The van der Waals surface area contributed by atoms with Crippen LogP contribution in [0, 0.1) is 13.8 Å². The van der Waals surface area contributed by atoms with E-state index in [1.54, 1.807) is 0 Å². The van der Waals surface area contributed by atoms with E-state index in [0.29, 0.717) is 6.54 Å². The highest BCUT2D eigenvalue weighted by Gasteiger charge is 2.19. The topological polar surface area (TPSA) is 92.6 Å². The van der Waals surface area contributed by atoms with Crippen molar-refractivity contribution >= 4 is 36.0 Å². The number of carbonyl (C=O) groups excluding carboxylic acids is 1. The number of hydrogen-bond acceptors (Lipinski definition) is 4. The Morgan fingerprint density at radius 1 is 1.23 bits per heavy atom. The van der Waals surface area contributed by atoms with E-state index in [0.717, 1.165) is 37.5 Å². The second kappa shape index (κ2) is 13.8. The van der Waals surface area contributed by atoms with E-state index in [2.05, 4.69) is 41.8 Å². The minimum absolute atomic E-state index is 0. The number of nitrogens with zero attached hydrogens (tertiary/aromatic N) is 3. The largest absolute Gasteiger partial charge is 0.444 e. The number of nitrogens with one attached hydrogen (secondary N) is 3. The van der Waals surface area contributed by atoms with Gasteiger partial charge in [0.15, 0.2) is 5.96 Å². The molecule has 8 nitrogen and oxygen atoms in total. The molecule has 0 aliphatic heterocycles. The van der Waals surface area contributed by atoms with E-state index in [4.69, 9.17) is 9.73 Å². The molecule has 1 rings (SSSR count). The lowest BCUT2D eigenvalue weighted by molar-refractivity contribution is 0.0503. The molecule has 180 valence electrons. The maximum atomic E-state index is 12.1. The predicted octanol–water partition coefficient (Wildman–Crippen LogP) is 3.83. The number of aromatic nitrogens is 2. The molecule has 0 saturated heterocycles. The van der Waals surface area contributed by atoms with Crippen molar-refractivity contribution in [2.45, 2.75) is 92.3 Å². The molecule has 1 heterocycles. The Hall–Kier alpha value is -1.52. The minimum Gasteiger partial charge on any atom is -0.444 e. The summed E-state index contributed by atoms with van der Waals surface area (Å²) in [5.74, 6) is 0.747. The first-order valence-corrected chi connectivity index (χ1v) is 11.0. The SMILES string of the molecule is CCCC(CN=C(NCC)NC(C)Cc1c(C)nn(C)c1C)NC(=O)OC(C)(C)C.I. The summed E-state index contributed by atoms with van der Waals surface area (Å²) in [5, 5.41) is 14.2. The quantitative estimate of drug-likeness (QED) is 0.247. The van der Waals surface area contributed by atoms with Gasteiger partial charge in [0.2, 0.25) is 0 Å². The minimum atomic E-state index is -0.515. The third kappa shape index (κ3) is 11.1. The molecular weight excluding hydrogens is 507 g/mol. The predicted molar refractivity (Wildman–Crippen MR) is 138 cm³/mol. The number of halogens is 1. The first-order valence-electron chi connectivity index (χ1n) is 11.0. The molecule has 2 unspecified atom stereocenters. The number of guanidine groups is 1. The number of aliphatic imine (C=N–C) groups is 1. The molecule has 0 aromatic carbocycles. The van der Waals surface area contributed by atoms with Crippen LogP contribution in [0.1, 0.15) is 71.3 Å². The zero-order valence-corrected chi connectivity index (χ0v) is 23.1. The fraction of sp³-hybridized carbons (Fsp3) is 0.773. The Balaban J connectivity index is 0.00000900. The van der Waals surface area contributed by atoms with E-state index >= 15 is 0 Å². The smallest absolute Gasteiger partial charge is 0.407 e. The van der Waals surface area contributed by atoms with Crippen molar-refractivity contribution in [3.63, 3.8) is 0 Å². The van der Waals surface area contributed by atoms with Gasteiger partial charge in [0.1, 0.15) is 5.60 Å². The molecule has 0 fully saturated rings. The first kappa shape index (κ1) is 29.5. The van der Waals surface area contributed by atoms with Gasteiger partial charge in [0, 0.05) is 25.3 Å². The lowest BCUT2D eigenvalue weighted by Gasteiger charge is -2.23. The van der Waals surface area contributed by atoms with Crippen molar-refractivity contribution in [1.29, 1.82) is 0 Å². The van der Waals surface area contributed by atoms with Crippen LogP contribution in [0.25, 0.3) is 0 Å². The summed E-state index contributed by atoms with van der Waals surface area (Å²) in [6.45, 7) is 17.3. The molecule has 1 aromatic rings. The third-order valence-electron chi connectivity index (χ3n) is 4.72. The van der Waals surface area contributed by atoms with Gasteiger partial charge in [0.05, 0.1) is 18.3 Å². The zero-order chi connectivity index (χ0) is 22.9. The van der Waals surface area contributed by atoms with E-state index in [1.165, 1.54) is 11.3 Å². The molecular formula is C22H43IN6O2. The van der Waals surface area contributed by atoms with Crippen LogP contribution in [-0.2, 0) is 18.2 Å². The van der Waals surface area contributed by atoms with Crippen molar-refractivity contribution < 1.29 is 9.53 Å². The Kier molecular flexibility index (Phi) is 13.1. The molecule has 3 N–H and O–H groups in total. The normalized spacial score (nSPS) is 13.8. The van der Waals surface area contributed by atoms with Crippen LogP contribution in [0.3, 0.4) is 0 Å². The first-order chi connectivity index (χ1) is 14.0. The second-order valence-corrected chi connectivity index (χ2v) is 8.87. The van der Waals surface area contributed by atoms with Crippen LogP contribution in [-0.4, -0.2) is 52.6 Å². The third-order valence-corrected chi connectivity index (χ3v) is 4.72. The van der Waals surface area contributed by atoms with Crippen molar-refractivity contribution in [3.8, 4) is 0 Å². The summed E-state index contributed by atoms with van der Waals surface area (Å²) in [5.41, 5.74) is 3.00. The van der Waals surface area contributed by atoms with Crippen LogP contribution in [0.4, 0.5) is 4.79 Å². The summed E-state index contributed by atoms with van der Waals surface area (Å²) in [7, 11) is 1.97. The standard InChI is InChI=1S/C22H42N6O2.HI/c1-10-12-18(26-21(29)30-22(6,7)8)14-24-20(23-11-2)25-15(3)13-19-16(4)27-28(9)17(19)5;/h15,18H,10-14H2,1-9H3,(H,26,29)(H2,23,24,25);1H. The van der Waals surface area contributed by atoms with Crippen LogP contribution in [0.2, 0.25) is 0 Å². The molecule has 0 spiro atoms. The van der Waals surface area contributed by atoms with Gasteiger partial charge >= 0.3 is 6.09 Å². The summed E-state index contributed by atoms with van der Waals surface area (Å²) in [6.07, 6.45) is 2.26. The number of aryl methyl sites for hydroxylation is 2. The molecule has 9 heteroatoms. The molecule has 31 heavy (non-hydrogen) atoms. The molecule has 0 saturated carbocycles. The van der Waals surface area contributed by atoms with Gasteiger partial charge in [-0.05, 0) is 66.9 Å². The van der Waals surface area contributed by atoms with Crippen molar-refractivity contribution in [2.24, 2.45) is 12.0 Å². The fourth-order valence-corrected chi connectivity index (χ4v) is 3.26. The van der Waals surface area contributed by atoms with Gasteiger partial charge in [-0.25, -0.2) is 4.79 Å². The highest BCUT2D eigenvalue weighted by Crippen LogP contribution is 2.14. The average molecular weight is 551 g/mol. The summed E-state index contributed by atoms with van der Waals surface area (Å²) in [4.78, 5) is 16.9. The van der Waals surface area contributed by atoms with Crippen molar-refractivity contribution in [1.82, 2.24) is 25.7 Å². The van der Waals surface area contributed by atoms with Crippen LogP contribution in [0.5, 0.6) is 0 Å². The van der Waals surface area contributed by atoms with Gasteiger partial charge in [-0.1, -0.05) is 13.3 Å². The lowest BCUT2D eigenvalue weighted by atomic mass is 10.1. The molecule has 1 amide bonds. The molecule has 1 aromatic heterocycles. The Bertz CT molecular complexity index is 712. The molecule has 0 aliphatic rings. The number of ether oxygens (including phenoxy) is 1. The van der Waals surface area contributed by atoms with E-state index in [-0.39, 0.29) is 36.1 Å². The fourth-order valence-electron chi connectivity index (χ4n) is 3.26. The van der Waals surface area contributed by atoms with Crippen LogP contribution >= 0.6 is 24.0 Å². The van der Waals surface area contributed by atoms with Gasteiger partial charge < -0.3 is 20.7 Å². The summed E-state index contributed by atoms with van der Waals surface area (Å²) in [6, 6.07) is 0.117. The monoisotopic (exact) mass is 550 g/mol. The number of alkyl carbamates (subject to hydrolysis) is 1. The maximum absolute atomic E-state index is 12.1. The average Bonchev–Trinajstić information content (AvgIpc) is 2.84. The highest BCUT2D eigenvalue weighted by molar-refractivity contribution is 14.0. The van der Waals surface area contributed by atoms with Gasteiger partial charge in [-0.2, -0.15) is 5.10 Å². The van der Waals surface area contributed by atoms with Gasteiger partial charge in [-0.15, -0.1) is 24.0 Å². The van der Waals surface area contributed by atoms with Crippen LogP contribution < -0.4 is 16.0 Å². The molecule has 0 radical (unpaired) electrons.